The third-order valence-corrected chi connectivity index (χ3v) is 4.56. The van der Waals surface area contributed by atoms with Crippen LogP contribution < -0.4 is 5.32 Å². The van der Waals surface area contributed by atoms with Crippen LogP contribution in [0.2, 0.25) is 0 Å². The molecule has 2 aromatic carbocycles. The Morgan fingerprint density at radius 3 is 2.32 bits per heavy atom. The number of aliphatic hydroxyl groups is 1. The summed E-state index contributed by atoms with van der Waals surface area (Å²) in [5, 5.41) is 13.7. The Kier molecular flexibility index (Phi) is 10.3. The van der Waals surface area contributed by atoms with Crippen LogP contribution in [0.3, 0.4) is 0 Å². The van der Waals surface area contributed by atoms with Crippen molar-refractivity contribution in [1.82, 2.24) is 4.90 Å². The van der Waals surface area contributed by atoms with Gasteiger partial charge in [0.2, 0.25) is 0 Å². The van der Waals surface area contributed by atoms with E-state index in [1.54, 1.807) is 0 Å². The maximum atomic E-state index is 10.3. The van der Waals surface area contributed by atoms with E-state index >= 15 is 0 Å². The molecule has 0 aromatic heterocycles. The van der Waals surface area contributed by atoms with Gasteiger partial charge in [-0.3, -0.25) is 4.99 Å². The van der Waals surface area contributed by atoms with Crippen molar-refractivity contribution in [3.8, 4) is 0 Å². The number of nitrogens with one attached hydrogen (secondary N) is 1. The molecule has 152 valence electrons. The van der Waals surface area contributed by atoms with Crippen LogP contribution in [0.1, 0.15) is 24.8 Å². The van der Waals surface area contributed by atoms with Crippen molar-refractivity contribution >= 4 is 35.6 Å². The van der Waals surface area contributed by atoms with Crippen LogP contribution in [-0.4, -0.2) is 48.3 Å². The van der Waals surface area contributed by atoms with Gasteiger partial charge in [-0.05, 0) is 37.0 Å². The number of benzene rings is 2. The lowest BCUT2D eigenvalue weighted by atomic mass is 10.1. The first-order valence-corrected chi connectivity index (χ1v) is 9.72. The highest BCUT2D eigenvalue weighted by molar-refractivity contribution is 14.0. The summed E-state index contributed by atoms with van der Waals surface area (Å²) in [6.07, 6.45) is 3.01. The Bertz CT molecular complexity index is 691. The lowest BCUT2D eigenvalue weighted by Gasteiger charge is -2.30. The van der Waals surface area contributed by atoms with Crippen LogP contribution in [0.5, 0.6) is 0 Å². The quantitative estimate of drug-likeness (QED) is 0.345. The molecule has 1 atom stereocenters. The smallest absolute Gasteiger partial charge is 0.198 e. The summed E-state index contributed by atoms with van der Waals surface area (Å²) in [6, 6.07) is 20.0. The van der Waals surface area contributed by atoms with Crippen LogP contribution in [-0.2, 0) is 11.3 Å². The van der Waals surface area contributed by atoms with Crippen molar-refractivity contribution in [3.63, 3.8) is 0 Å². The Hall–Kier alpha value is -1.64. The number of nitrogens with zero attached hydrogens (tertiary/aromatic N) is 2. The van der Waals surface area contributed by atoms with Crippen molar-refractivity contribution in [2.75, 3.05) is 31.6 Å². The summed E-state index contributed by atoms with van der Waals surface area (Å²) in [5.41, 5.74) is 2.12. The molecule has 1 fully saturated rings. The maximum absolute atomic E-state index is 10.3. The molecule has 2 N–H and O–H groups in total. The zero-order chi connectivity index (χ0) is 18.7. The second-order valence-corrected chi connectivity index (χ2v) is 6.86. The summed E-state index contributed by atoms with van der Waals surface area (Å²) < 4.78 is 5.62. The number of anilines is 1. The van der Waals surface area contributed by atoms with E-state index in [9.17, 15) is 5.11 Å². The van der Waals surface area contributed by atoms with Gasteiger partial charge in [0.15, 0.2) is 5.96 Å². The van der Waals surface area contributed by atoms with Gasteiger partial charge in [0.05, 0.1) is 25.9 Å². The zero-order valence-electron chi connectivity index (χ0n) is 16.2. The van der Waals surface area contributed by atoms with E-state index in [4.69, 9.17) is 4.74 Å². The molecule has 1 unspecified atom stereocenters. The standard InChI is InChI=1S/C22H29N3O2.HI/c26-21(18-27-17-19-10-4-1-5-11-19)16-23-22(25-14-8-3-9-15-25)24-20-12-6-2-7-13-20;/h1-2,4-7,10-13,21,26H,3,8-9,14-18H2,(H,23,24);1H. The van der Waals surface area contributed by atoms with E-state index in [-0.39, 0.29) is 30.6 Å². The zero-order valence-corrected chi connectivity index (χ0v) is 18.5. The Balaban J connectivity index is 0.00000280. The molecule has 1 heterocycles. The summed E-state index contributed by atoms with van der Waals surface area (Å²) >= 11 is 0. The first kappa shape index (κ1) is 22.6. The van der Waals surface area contributed by atoms with Crippen LogP contribution in [0.4, 0.5) is 5.69 Å². The summed E-state index contributed by atoms with van der Waals surface area (Å²) in [5.74, 6) is 0.836. The molecule has 0 aliphatic carbocycles. The minimum Gasteiger partial charge on any atom is -0.389 e. The molecule has 2 aromatic rings. The number of ether oxygens (including phenoxy) is 1. The number of guanidine groups is 1. The van der Waals surface area contributed by atoms with Gasteiger partial charge in [-0.1, -0.05) is 48.5 Å². The molecule has 0 bridgehead atoms. The molecule has 0 spiro atoms. The van der Waals surface area contributed by atoms with Crippen LogP contribution in [0.25, 0.3) is 0 Å². The molecule has 28 heavy (non-hydrogen) atoms. The number of aliphatic hydroxyl groups excluding tert-OH is 1. The molecule has 1 aliphatic rings. The lowest BCUT2D eigenvalue weighted by Crippen LogP contribution is -2.40. The van der Waals surface area contributed by atoms with Gasteiger partial charge in [-0.15, -0.1) is 24.0 Å². The summed E-state index contributed by atoms with van der Waals surface area (Å²) in [6.45, 7) is 3.10. The van der Waals surface area contributed by atoms with E-state index in [0.29, 0.717) is 13.2 Å². The number of halogens is 1. The monoisotopic (exact) mass is 495 g/mol. The molecular weight excluding hydrogens is 465 g/mol. The minimum atomic E-state index is -0.619. The number of rotatable bonds is 7. The predicted molar refractivity (Wildman–Crippen MR) is 125 cm³/mol. The molecule has 3 rings (SSSR count). The predicted octanol–water partition coefficient (Wildman–Crippen LogP) is 4.14. The van der Waals surface area contributed by atoms with Crippen molar-refractivity contribution < 1.29 is 9.84 Å². The Labute approximate surface area is 184 Å². The third-order valence-electron chi connectivity index (χ3n) is 4.56. The van der Waals surface area contributed by atoms with Crippen LogP contribution >= 0.6 is 24.0 Å². The number of aliphatic imine (C=N–C) groups is 1. The van der Waals surface area contributed by atoms with E-state index < -0.39 is 6.10 Å². The Morgan fingerprint density at radius 1 is 1.00 bits per heavy atom. The van der Waals surface area contributed by atoms with Crippen molar-refractivity contribution in [3.05, 3.63) is 66.2 Å². The van der Waals surface area contributed by atoms with Gasteiger partial charge in [0, 0.05) is 18.8 Å². The SMILES string of the molecule is I.OC(CN=C(Nc1ccccc1)N1CCCCC1)COCc1ccccc1. The number of piperidine rings is 1. The highest BCUT2D eigenvalue weighted by Crippen LogP contribution is 2.13. The van der Waals surface area contributed by atoms with E-state index in [2.05, 4.69) is 15.2 Å². The average Bonchev–Trinajstić information content (AvgIpc) is 2.73. The topological polar surface area (TPSA) is 57.1 Å². The average molecular weight is 495 g/mol. The van der Waals surface area contributed by atoms with Crippen molar-refractivity contribution in [2.24, 2.45) is 4.99 Å². The van der Waals surface area contributed by atoms with Crippen LogP contribution in [0.15, 0.2) is 65.7 Å². The second-order valence-electron chi connectivity index (χ2n) is 6.86. The number of likely N-dealkylation sites (tertiary alicyclic amines) is 1. The van der Waals surface area contributed by atoms with Crippen molar-refractivity contribution in [2.45, 2.75) is 32.0 Å². The molecule has 1 aliphatic heterocycles. The summed E-state index contributed by atoms with van der Waals surface area (Å²) in [4.78, 5) is 6.94. The highest BCUT2D eigenvalue weighted by Gasteiger charge is 2.15. The van der Waals surface area contributed by atoms with E-state index in [1.165, 1.54) is 19.3 Å². The molecule has 1 saturated heterocycles. The first-order chi connectivity index (χ1) is 13.3. The molecule has 0 saturated carbocycles. The fraction of sp³-hybridized carbons (Fsp3) is 0.409. The first-order valence-electron chi connectivity index (χ1n) is 9.72. The van der Waals surface area contributed by atoms with Gasteiger partial charge >= 0.3 is 0 Å². The van der Waals surface area contributed by atoms with Gasteiger partial charge in [0.25, 0.3) is 0 Å². The molecule has 0 radical (unpaired) electrons. The number of hydrogen-bond donors (Lipinski definition) is 2. The van der Waals surface area contributed by atoms with Gasteiger partial charge in [-0.2, -0.15) is 0 Å². The molecule has 6 heteroatoms. The normalized spacial score (nSPS) is 15.6. The van der Waals surface area contributed by atoms with E-state index in [1.807, 2.05) is 60.7 Å². The largest absolute Gasteiger partial charge is 0.389 e. The highest BCUT2D eigenvalue weighted by atomic mass is 127. The van der Waals surface area contributed by atoms with Gasteiger partial charge in [0.1, 0.15) is 0 Å². The number of hydrogen-bond acceptors (Lipinski definition) is 3. The lowest BCUT2D eigenvalue weighted by molar-refractivity contribution is 0.0330. The Morgan fingerprint density at radius 2 is 1.64 bits per heavy atom. The number of para-hydroxylation sites is 1. The fourth-order valence-electron chi connectivity index (χ4n) is 3.11. The molecule has 0 amide bonds. The van der Waals surface area contributed by atoms with Crippen LogP contribution in [0, 0.1) is 0 Å². The van der Waals surface area contributed by atoms with Gasteiger partial charge in [-0.25, -0.2) is 0 Å². The fourth-order valence-corrected chi connectivity index (χ4v) is 3.11. The van der Waals surface area contributed by atoms with E-state index in [0.717, 1.165) is 30.3 Å². The maximum Gasteiger partial charge on any atom is 0.198 e. The van der Waals surface area contributed by atoms with Gasteiger partial charge < -0.3 is 20.1 Å². The molecule has 5 nitrogen and oxygen atoms in total. The van der Waals surface area contributed by atoms with Crippen molar-refractivity contribution in [1.29, 1.82) is 0 Å². The molecular formula is C22H30IN3O2. The third kappa shape index (κ3) is 7.77. The second kappa shape index (κ2) is 12.7. The summed E-state index contributed by atoms with van der Waals surface area (Å²) in [7, 11) is 0. The minimum absolute atomic E-state index is 0.